The van der Waals surface area contributed by atoms with Gasteiger partial charge >= 0.3 is 0 Å². The summed E-state index contributed by atoms with van der Waals surface area (Å²) in [5.74, 6) is 1.10. The fraction of sp³-hybridized carbons (Fsp3) is 0.308. The van der Waals surface area contributed by atoms with Crippen molar-refractivity contribution in [2.75, 3.05) is 10.0 Å². The molecule has 0 unspecified atom stereocenters. The lowest BCUT2D eigenvalue weighted by Gasteiger charge is -2.26. The van der Waals surface area contributed by atoms with Gasteiger partial charge in [-0.2, -0.15) is 0 Å². The van der Waals surface area contributed by atoms with Crippen molar-refractivity contribution in [3.05, 3.63) is 65.6 Å². The molecule has 192 valence electrons. The maximum absolute atomic E-state index is 12.7. The number of nitrogens with one attached hydrogen (secondary N) is 2. The van der Waals surface area contributed by atoms with E-state index in [9.17, 15) is 8.42 Å². The summed E-state index contributed by atoms with van der Waals surface area (Å²) in [7, 11) is -3.87. The van der Waals surface area contributed by atoms with Crippen LogP contribution in [0.4, 0.5) is 11.6 Å². The Morgan fingerprint density at radius 1 is 1.03 bits per heavy atom. The van der Waals surface area contributed by atoms with Crippen molar-refractivity contribution in [3.63, 3.8) is 0 Å². The van der Waals surface area contributed by atoms with Crippen molar-refractivity contribution in [2.45, 2.75) is 56.0 Å². The van der Waals surface area contributed by atoms with Crippen molar-refractivity contribution in [3.8, 4) is 11.4 Å². The maximum atomic E-state index is 12.7. The fourth-order valence-electron chi connectivity index (χ4n) is 4.54. The van der Waals surface area contributed by atoms with E-state index in [0.717, 1.165) is 54.1 Å². The number of anilines is 2. The number of rotatable bonds is 7. The molecule has 1 aliphatic carbocycles. The van der Waals surface area contributed by atoms with E-state index in [2.05, 4.69) is 31.9 Å². The van der Waals surface area contributed by atoms with Gasteiger partial charge in [-0.1, -0.05) is 30.7 Å². The number of fused-ring (bicyclic) bond motifs is 1. The molecule has 0 bridgehead atoms. The van der Waals surface area contributed by atoms with Gasteiger partial charge < -0.3 is 11.1 Å². The molecular formula is C26H28ClN7O2S. The molecule has 2 aromatic heterocycles. The molecule has 11 heteroatoms. The van der Waals surface area contributed by atoms with Gasteiger partial charge in [-0.25, -0.2) is 28.4 Å². The van der Waals surface area contributed by atoms with Gasteiger partial charge in [0, 0.05) is 29.2 Å². The quantitative estimate of drug-likeness (QED) is 0.306. The Balaban J connectivity index is 1.37. The summed E-state index contributed by atoms with van der Waals surface area (Å²) in [4.78, 5) is 18.1. The third kappa shape index (κ3) is 5.66. The molecule has 9 nitrogen and oxygen atoms in total. The van der Waals surface area contributed by atoms with Gasteiger partial charge in [0.2, 0.25) is 5.95 Å². The highest BCUT2D eigenvalue weighted by Crippen LogP contribution is 2.28. The summed E-state index contributed by atoms with van der Waals surface area (Å²) < 4.78 is 27.9. The normalized spacial score (nSPS) is 18.0. The predicted molar refractivity (Wildman–Crippen MR) is 146 cm³/mol. The Hall–Kier alpha value is -3.34. The molecule has 0 aliphatic heterocycles. The molecule has 4 N–H and O–H groups in total. The second-order valence-corrected chi connectivity index (χ2v) is 11.3. The van der Waals surface area contributed by atoms with Gasteiger partial charge in [-0.05, 0) is 61.9 Å². The van der Waals surface area contributed by atoms with Crippen LogP contribution < -0.4 is 15.8 Å². The molecule has 1 saturated carbocycles. The molecule has 1 aliphatic rings. The molecule has 5 rings (SSSR count). The number of hydrogen-bond acceptors (Lipinski definition) is 8. The number of halogens is 1. The monoisotopic (exact) mass is 537 g/mol. The highest BCUT2D eigenvalue weighted by Gasteiger charge is 2.20. The Bertz CT molecular complexity index is 1520. The Kier molecular flexibility index (Phi) is 7.23. The molecule has 0 atom stereocenters. The van der Waals surface area contributed by atoms with Crippen molar-refractivity contribution in [1.82, 2.24) is 19.9 Å². The molecule has 4 aromatic rings. The van der Waals surface area contributed by atoms with Crippen LogP contribution in [0.1, 0.15) is 38.2 Å². The number of hydrogen-bond donors (Lipinski definition) is 3. The van der Waals surface area contributed by atoms with Gasteiger partial charge in [0.05, 0.1) is 28.6 Å². The van der Waals surface area contributed by atoms with Crippen molar-refractivity contribution < 1.29 is 8.42 Å². The second-order valence-electron chi connectivity index (χ2n) is 9.21. The van der Waals surface area contributed by atoms with Crippen molar-refractivity contribution in [2.24, 2.45) is 5.73 Å². The Morgan fingerprint density at radius 2 is 1.76 bits per heavy atom. The van der Waals surface area contributed by atoms with Crippen LogP contribution in [0.2, 0.25) is 5.02 Å². The molecule has 0 spiro atoms. The summed E-state index contributed by atoms with van der Waals surface area (Å²) in [5, 5.41) is 4.49. The maximum Gasteiger partial charge on any atom is 0.263 e. The van der Waals surface area contributed by atoms with Crippen LogP contribution in [0, 0.1) is 0 Å². The van der Waals surface area contributed by atoms with Gasteiger partial charge in [0.25, 0.3) is 10.0 Å². The summed E-state index contributed by atoms with van der Waals surface area (Å²) in [6.45, 7) is 2.07. The smallest absolute Gasteiger partial charge is 0.263 e. The largest absolute Gasteiger partial charge is 0.351 e. The second kappa shape index (κ2) is 10.6. The van der Waals surface area contributed by atoms with Crippen molar-refractivity contribution >= 4 is 44.2 Å². The van der Waals surface area contributed by atoms with Crippen LogP contribution >= 0.6 is 11.6 Å². The molecule has 0 radical (unpaired) electrons. The zero-order valence-corrected chi connectivity index (χ0v) is 21.9. The van der Waals surface area contributed by atoms with Gasteiger partial charge in [-0.3, -0.25) is 4.72 Å². The van der Waals surface area contributed by atoms with Crippen LogP contribution in [-0.4, -0.2) is 40.4 Å². The predicted octanol–water partition coefficient (Wildman–Crippen LogP) is 4.79. The zero-order valence-electron chi connectivity index (χ0n) is 20.4. The minimum atomic E-state index is -3.87. The first-order chi connectivity index (χ1) is 17.8. The fourth-order valence-corrected chi connectivity index (χ4v) is 6.08. The lowest BCUT2D eigenvalue weighted by Crippen LogP contribution is -2.33. The van der Waals surface area contributed by atoms with E-state index in [1.807, 2.05) is 18.3 Å². The van der Waals surface area contributed by atoms with E-state index in [1.54, 1.807) is 12.1 Å². The minimum absolute atomic E-state index is 0.0104. The molecule has 0 saturated heterocycles. The highest BCUT2D eigenvalue weighted by atomic mass is 35.5. The lowest BCUT2D eigenvalue weighted by atomic mass is 9.92. The Labute approximate surface area is 221 Å². The molecule has 1 fully saturated rings. The highest BCUT2D eigenvalue weighted by molar-refractivity contribution is 7.92. The summed E-state index contributed by atoms with van der Waals surface area (Å²) in [6.07, 6.45) is 9.51. The molecular weight excluding hydrogens is 510 g/mol. The number of nitrogens with two attached hydrogens (primary N) is 1. The first kappa shape index (κ1) is 25.3. The third-order valence-corrected chi connectivity index (χ3v) is 8.42. The van der Waals surface area contributed by atoms with Crippen LogP contribution in [0.15, 0.2) is 59.9 Å². The third-order valence-electron chi connectivity index (χ3n) is 6.54. The topological polar surface area (TPSA) is 136 Å². The molecule has 37 heavy (non-hydrogen) atoms. The Morgan fingerprint density at radius 3 is 2.46 bits per heavy atom. The zero-order chi connectivity index (χ0) is 26.0. The van der Waals surface area contributed by atoms with Gasteiger partial charge in [0.1, 0.15) is 4.90 Å². The molecule has 0 amide bonds. The number of nitrogens with zero attached hydrogens (tertiary/aromatic N) is 4. The summed E-state index contributed by atoms with van der Waals surface area (Å²) >= 11 is 6.05. The standard InChI is InChI=1S/C26H28ClN7O2S/c1-2-16-11-17(12-18-13-31-26(33-24(16)18)32-20-9-7-19(28)8-10-20)25-29-14-21(15-30-25)34-37(35,36)23-6-4-3-5-22(23)27/h3-6,11-15,19-20,34H,2,7-10,28H2,1H3,(H,31,32,33)/t19-,20-. The van der Waals surface area contributed by atoms with Crippen molar-refractivity contribution in [1.29, 1.82) is 0 Å². The number of benzene rings is 2. The first-order valence-corrected chi connectivity index (χ1v) is 14.1. The number of aromatic nitrogens is 4. The lowest BCUT2D eigenvalue weighted by molar-refractivity contribution is 0.410. The number of sulfonamides is 1. The molecule has 2 aromatic carbocycles. The van der Waals surface area contributed by atoms with Crippen LogP contribution in [0.3, 0.4) is 0 Å². The first-order valence-electron chi connectivity index (χ1n) is 12.2. The average molecular weight is 538 g/mol. The van der Waals surface area contributed by atoms with Crippen LogP contribution in [0.25, 0.3) is 22.3 Å². The van der Waals surface area contributed by atoms with E-state index in [0.29, 0.717) is 23.9 Å². The van der Waals surface area contributed by atoms with Gasteiger partial charge in [-0.15, -0.1) is 0 Å². The summed E-state index contributed by atoms with van der Waals surface area (Å²) in [5.41, 5.74) is 9.01. The van der Waals surface area contributed by atoms with Gasteiger partial charge in [0.15, 0.2) is 5.82 Å². The SMILES string of the molecule is CCc1cc(-c2ncc(NS(=O)(=O)c3ccccc3Cl)cn2)cc2cnc(N[C@H]3CC[C@H](N)CC3)nc12. The van der Waals surface area contributed by atoms with Crippen LogP contribution in [-0.2, 0) is 16.4 Å². The van der Waals surface area contributed by atoms with E-state index < -0.39 is 10.0 Å². The van der Waals surface area contributed by atoms with Crippen LogP contribution in [0.5, 0.6) is 0 Å². The summed E-state index contributed by atoms with van der Waals surface area (Å²) in [6, 6.07) is 10.8. The van der Waals surface area contributed by atoms with E-state index in [4.69, 9.17) is 22.3 Å². The van der Waals surface area contributed by atoms with E-state index >= 15 is 0 Å². The van der Waals surface area contributed by atoms with E-state index in [-0.39, 0.29) is 15.6 Å². The average Bonchev–Trinajstić information content (AvgIpc) is 2.90. The minimum Gasteiger partial charge on any atom is -0.351 e. The van der Waals surface area contributed by atoms with E-state index in [1.165, 1.54) is 24.5 Å². The number of aryl methyl sites for hydroxylation is 1. The molecule has 2 heterocycles.